The monoisotopic (exact) mass is 353 g/mol. The Morgan fingerprint density at radius 3 is 2.65 bits per heavy atom. The standard InChI is InChI=1S/C14H13BrClN3O/c1-2-17-10-4-6-13(18-8-10)14(20)19-9-3-5-11(15)12(16)7-9/h3-8,17H,2H2,1H3,(H,19,20). The number of anilines is 2. The molecule has 1 aromatic heterocycles. The Labute approximate surface area is 130 Å². The second-order valence-corrected chi connectivity index (χ2v) is 5.31. The molecule has 2 aromatic rings. The summed E-state index contributed by atoms with van der Waals surface area (Å²) in [5, 5.41) is 6.41. The molecule has 0 radical (unpaired) electrons. The van der Waals surface area contributed by atoms with Crippen LogP contribution in [0.15, 0.2) is 41.0 Å². The minimum Gasteiger partial charge on any atom is -0.384 e. The number of carbonyl (C=O) groups excluding carboxylic acids is 1. The number of aromatic nitrogens is 1. The average molecular weight is 355 g/mol. The fourth-order valence-electron chi connectivity index (χ4n) is 1.61. The third-order valence-electron chi connectivity index (χ3n) is 2.55. The second kappa shape index (κ2) is 6.72. The highest BCUT2D eigenvalue weighted by molar-refractivity contribution is 9.10. The van der Waals surface area contributed by atoms with Gasteiger partial charge in [0.15, 0.2) is 0 Å². The van der Waals surface area contributed by atoms with Gasteiger partial charge < -0.3 is 10.6 Å². The molecule has 0 fully saturated rings. The summed E-state index contributed by atoms with van der Waals surface area (Å²) in [7, 11) is 0. The molecule has 0 saturated heterocycles. The second-order valence-electron chi connectivity index (χ2n) is 4.05. The van der Waals surface area contributed by atoms with E-state index in [1.54, 1.807) is 30.5 Å². The van der Waals surface area contributed by atoms with Crippen molar-refractivity contribution in [2.75, 3.05) is 17.2 Å². The molecule has 0 saturated carbocycles. The number of carbonyl (C=O) groups is 1. The van der Waals surface area contributed by atoms with Crippen LogP contribution in [0.5, 0.6) is 0 Å². The third-order valence-corrected chi connectivity index (χ3v) is 3.79. The van der Waals surface area contributed by atoms with Crippen LogP contribution in [0.1, 0.15) is 17.4 Å². The number of benzene rings is 1. The fourth-order valence-corrected chi connectivity index (χ4v) is 2.03. The first-order valence-corrected chi connectivity index (χ1v) is 7.23. The Morgan fingerprint density at radius 1 is 1.30 bits per heavy atom. The summed E-state index contributed by atoms with van der Waals surface area (Å²) < 4.78 is 0.783. The van der Waals surface area contributed by atoms with E-state index in [0.29, 0.717) is 16.4 Å². The average Bonchev–Trinajstić information content (AvgIpc) is 2.44. The minimum atomic E-state index is -0.272. The molecule has 6 heteroatoms. The third kappa shape index (κ3) is 3.71. The molecule has 0 unspecified atom stereocenters. The predicted octanol–water partition coefficient (Wildman–Crippen LogP) is 4.18. The summed E-state index contributed by atoms with van der Waals surface area (Å²) in [6.07, 6.45) is 1.63. The first-order chi connectivity index (χ1) is 9.60. The van der Waals surface area contributed by atoms with Crippen LogP contribution >= 0.6 is 27.5 Å². The maximum atomic E-state index is 12.0. The number of amides is 1. The smallest absolute Gasteiger partial charge is 0.274 e. The number of nitrogens with one attached hydrogen (secondary N) is 2. The first-order valence-electron chi connectivity index (χ1n) is 6.06. The van der Waals surface area contributed by atoms with Gasteiger partial charge in [-0.15, -0.1) is 0 Å². The maximum absolute atomic E-state index is 12.0. The van der Waals surface area contributed by atoms with Gasteiger partial charge in [0.1, 0.15) is 5.69 Å². The molecule has 0 aliphatic rings. The van der Waals surface area contributed by atoms with Crippen LogP contribution in [0.3, 0.4) is 0 Å². The molecule has 0 spiro atoms. The lowest BCUT2D eigenvalue weighted by atomic mass is 10.3. The molecule has 0 bridgehead atoms. The zero-order valence-corrected chi connectivity index (χ0v) is 13.1. The zero-order valence-electron chi connectivity index (χ0n) is 10.8. The van der Waals surface area contributed by atoms with E-state index in [1.807, 2.05) is 13.0 Å². The summed E-state index contributed by atoms with van der Waals surface area (Å²) in [4.78, 5) is 16.1. The van der Waals surface area contributed by atoms with Gasteiger partial charge in [-0.2, -0.15) is 0 Å². The fraction of sp³-hybridized carbons (Fsp3) is 0.143. The summed E-state index contributed by atoms with van der Waals surface area (Å²) in [6, 6.07) is 8.71. The van der Waals surface area contributed by atoms with E-state index in [9.17, 15) is 4.79 Å². The molecule has 0 aliphatic heterocycles. The number of halogens is 2. The van der Waals surface area contributed by atoms with Crippen molar-refractivity contribution in [3.63, 3.8) is 0 Å². The van der Waals surface area contributed by atoms with Crippen molar-refractivity contribution in [3.8, 4) is 0 Å². The Kier molecular flexibility index (Phi) is 4.98. The van der Waals surface area contributed by atoms with E-state index in [-0.39, 0.29) is 5.91 Å². The Balaban J connectivity index is 2.09. The van der Waals surface area contributed by atoms with Crippen LogP contribution in [0.2, 0.25) is 5.02 Å². The van der Waals surface area contributed by atoms with Gasteiger partial charge in [0, 0.05) is 16.7 Å². The van der Waals surface area contributed by atoms with Gasteiger partial charge in [0.2, 0.25) is 0 Å². The lowest BCUT2D eigenvalue weighted by Crippen LogP contribution is -2.13. The van der Waals surface area contributed by atoms with Crippen molar-refractivity contribution in [2.45, 2.75) is 6.92 Å². The quantitative estimate of drug-likeness (QED) is 0.866. The van der Waals surface area contributed by atoms with E-state index >= 15 is 0 Å². The molecule has 1 heterocycles. The highest BCUT2D eigenvalue weighted by Gasteiger charge is 2.08. The number of hydrogen-bond donors (Lipinski definition) is 2. The van der Waals surface area contributed by atoms with Crippen molar-refractivity contribution in [1.82, 2.24) is 4.98 Å². The van der Waals surface area contributed by atoms with Crippen molar-refractivity contribution >= 4 is 44.8 Å². The molecule has 2 N–H and O–H groups in total. The number of pyridine rings is 1. The van der Waals surface area contributed by atoms with Crippen molar-refractivity contribution in [2.24, 2.45) is 0 Å². The van der Waals surface area contributed by atoms with Crippen LogP contribution in [0.25, 0.3) is 0 Å². The highest BCUT2D eigenvalue weighted by Crippen LogP contribution is 2.25. The summed E-state index contributed by atoms with van der Waals surface area (Å²) >= 11 is 9.28. The largest absolute Gasteiger partial charge is 0.384 e. The van der Waals surface area contributed by atoms with E-state index in [1.165, 1.54) is 0 Å². The Hall–Kier alpha value is -1.59. The topological polar surface area (TPSA) is 54.0 Å². The molecular weight excluding hydrogens is 342 g/mol. The molecule has 104 valence electrons. The first kappa shape index (κ1) is 14.8. The van der Waals surface area contributed by atoms with Crippen LogP contribution in [0.4, 0.5) is 11.4 Å². The predicted molar refractivity (Wildman–Crippen MR) is 85.5 cm³/mol. The van der Waals surface area contributed by atoms with Crippen LogP contribution < -0.4 is 10.6 Å². The normalized spacial score (nSPS) is 10.2. The van der Waals surface area contributed by atoms with Crippen LogP contribution in [0, 0.1) is 0 Å². The molecular formula is C14H13BrClN3O. The van der Waals surface area contributed by atoms with E-state index in [2.05, 4.69) is 31.5 Å². The summed E-state index contributed by atoms with van der Waals surface area (Å²) in [6.45, 7) is 2.81. The molecule has 20 heavy (non-hydrogen) atoms. The maximum Gasteiger partial charge on any atom is 0.274 e. The number of hydrogen-bond acceptors (Lipinski definition) is 3. The van der Waals surface area contributed by atoms with Crippen LogP contribution in [-0.2, 0) is 0 Å². The van der Waals surface area contributed by atoms with Crippen molar-refractivity contribution < 1.29 is 4.79 Å². The Bertz CT molecular complexity index is 616. The van der Waals surface area contributed by atoms with Crippen molar-refractivity contribution in [1.29, 1.82) is 0 Å². The van der Waals surface area contributed by atoms with Gasteiger partial charge in [-0.3, -0.25) is 4.79 Å². The van der Waals surface area contributed by atoms with Gasteiger partial charge in [-0.1, -0.05) is 11.6 Å². The van der Waals surface area contributed by atoms with E-state index in [0.717, 1.165) is 16.7 Å². The van der Waals surface area contributed by atoms with Crippen molar-refractivity contribution in [3.05, 3.63) is 51.7 Å². The lowest BCUT2D eigenvalue weighted by molar-refractivity contribution is 0.102. The van der Waals surface area contributed by atoms with Gasteiger partial charge in [0.25, 0.3) is 5.91 Å². The zero-order chi connectivity index (χ0) is 14.5. The van der Waals surface area contributed by atoms with Gasteiger partial charge in [0.05, 0.1) is 16.9 Å². The van der Waals surface area contributed by atoms with Gasteiger partial charge in [-0.25, -0.2) is 4.98 Å². The molecule has 1 amide bonds. The number of rotatable bonds is 4. The van der Waals surface area contributed by atoms with E-state index < -0.39 is 0 Å². The number of nitrogens with zero attached hydrogens (tertiary/aromatic N) is 1. The minimum absolute atomic E-state index is 0.272. The Morgan fingerprint density at radius 2 is 2.05 bits per heavy atom. The molecule has 1 aromatic carbocycles. The molecule has 0 atom stereocenters. The van der Waals surface area contributed by atoms with Crippen LogP contribution in [-0.4, -0.2) is 17.4 Å². The molecule has 0 aliphatic carbocycles. The van der Waals surface area contributed by atoms with E-state index in [4.69, 9.17) is 11.6 Å². The summed E-state index contributed by atoms with van der Waals surface area (Å²) in [5.41, 5.74) is 1.86. The molecule has 2 rings (SSSR count). The van der Waals surface area contributed by atoms with Gasteiger partial charge in [-0.05, 0) is 53.2 Å². The lowest BCUT2D eigenvalue weighted by Gasteiger charge is -2.07. The molecule has 4 nitrogen and oxygen atoms in total. The summed E-state index contributed by atoms with van der Waals surface area (Å²) in [5.74, 6) is -0.272. The SMILES string of the molecule is CCNc1ccc(C(=O)Nc2ccc(Br)c(Cl)c2)nc1. The highest BCUT2D eigenvalue weighted by atomic mass is 79.9. The van der Waals surface area contributed by atoms with Gasteiger partial charge >= 0.3 is 0 Å².